The number of benzene rings is 1. The summed E-state index contributed by atoms with van der Waals surface area (Å²) in [6.07, 6.45) is -3.01. The number of carbonyl (C=O) groups excluding carboxylic acids is 2. The Balaban J connectivity index is 2.82. The molecule has 5 nitrogen and oxygen atoms in total. The lowest BCUT2D eigenvalue weighted by atomic mass is 9.97. The van der Waals surface area contributed by atoms with Gasteiger partial charge in [0.25, 0.3) is 0 Å². The highest BCUT2D eigenvalue weighted by Gasteiger charge is 2.27. The van der Waals surface area contributed by atoms with Gasteiger partial charge in [0.15, 0.2) is 11.9 Å². The fourth-order valence-corrected chi connectivity index (χ4v) is 1.72. The fraction of sp³-hybridized carbons (Fsp3) is 0.467. The van der Waals surface area contributed by atoms with Crippen LogP contribution in [-0.2, 0) is 9.53 Å². The zero-order chi connectivity index (χ0) is 15.3. The minimum absolute atomic E-state index is 0.00280. The van der Waals surface area contributed by atoms with Crippen molar-refractivity contribution in [3.63, 3.8) is 0 Å². The summed E-state index contributed by atoms with van der Waals surface area (Å²) in [7, 11) is 0. The number of ketones is 1. The van der Waals surface area contributed by atoms with Crippen molar-refractivity contribution in [2.24, 2.45) is 5.92 Å². The van der Waals surface area contributed by atoms with E-state index in [0.717, 1.165) is 0 Å². The van der Waals surface area contributed by atoms with Crippen molar-refractivity contribution in [3.8, 4) is 0 Å². The molecule has 5 heteroatoms. The molecule has 0 saturated carbocycles. The molecule has 1 aromatic carbocycles. The SMILES string of the molecule is CCOC(=O)C(O)C(O)c1ccc(C(=O)C(C)C)cc1. The van der Waals surface area contributed by atoms with Crippen molar-refractivity contribution in [3.05, 3.63) is 35.4 Å². The third-order valence-electron chi connectivity index (χ3n) is 2.89. The molecule has 110 valence electrons. The van der Waals surface area contributed by atoms with Gasteiger partial charge in [-0.05, 0) is 12.5 Å². The molecule has 1 aromatic rings. The van der Waals surface area contributed by atoms with Crippen molar-refractivity contribution in [2.45, 2.75) is 33.0 Å². The van der Waals surface area contributed by atoms with E-state index in [0.29, 0.717) is 11.1 Å². The summed E-state index contributed by atoms with van der Waals surface area (Å²) in [5.74, 6) is -0.991. The Morgan fingerprint density at radius 1 is 1.15 bits per heavy atom. The van der Waals surface area contributed by atoms with Gasteiger partial charge >= 0.3 is 5.97 Å². The first kappa shape index (κ1) is 16.3. The van der Waals surface area contributed by atoms with Crippen LogP contribution >= 0.6 is 0 Å². The van der Waals surface area contributed by atoms with Crippen LogP contribution in [0.3, 0.4) is 0 Å². The summed E-state index contributed by atoms with van der Waals surface area (Å²) in [5.41, 5.74) is 0.882. The maximum atomic E-state index is 11.8. The fourth-order valence-electron chi connectivity index (χ4n) is 1.72. The Kier molecular flexibility index (Phi) is 5.85. The Morgan fingerprint density at radius 3 is 2.15 bits per heavy atom. The molecule has 0 aliphatic carbocycles. The van der Waals surface area contributed by atoms with Crippen LogP contribution in [-0.4, -0.2) is 34.7 Å². The van der Waals surface area contributed by atoms with Gasteiger partial charge in [0, 0.05) is 11.5 Å². The van der Waals surface area contributed by atoms with Crippen molar-refractivity contribution < 1.29 is 24.5 Å². The predicted octanol–water partition coefficient (Wildman–Crippen LogP) is 1.48. The van der Waals surface area contributed by atoms with Crippen molar-refractivity contribution >= 4 is 11.8 Å². The number of aliphatic hydroxyl groups excluding tert-OH is 2. The first-order chi connectivity index (χ1) is 9.38. The van der Waals surface area contributed by atoms with E-state index in [1.165, 1.54) is 12.1 Å². The maximum Gasteiger partial charge on any atom is 0.338 e. The predicted molar refractivity (Wildman–Crippen MR) is 73.2 cm³/mol. The van der Waals surface area contributed by atoms with Crippen LogP contribution in [0.2, 0.25) is 0 Å². The summed E-state index contributed by atoms with van der Waals surface area (Å²) < 4.78 is 4.64. The number of ether oxygens (including phenoxy) is 1. The van der Waals surface area contributed by atoms with Gasteiger partial charge in [-0.2, -0.15) is 0 Å². The minimum Gasteiger partial charge on any atom is -0.464 e. The number of rotatable bonds is 6. The maximum absolute atomic E-state index is 11.8. The second-order valence-electron chi connectivity index (χ2n) is 4.78. The highest BCUT2D eigenvalue weighted by Crippen LogP contribution is 2.19. The first-order valence-corrected chi connectivity index (χ1v) is 6.55. The largest absolute Gasteiger partial charge is 0.464 e. The minimum atomic E-state index is -1.64. The zero-order valence-electron chi connectivity index (χ0n) is 11.9. The summed E-state index contributed by atoms with van der Waals surface area (Å²) in [4.78, 5) is 23.1. The molecular formula is C15H20O5. The Bertz CT molecular complexity index is 464. The van der Waals surface area contributed by atoms with Crippen LogP contribution in [0.1, 0.15) is 42.8 Å². The lowest BCUT2D eigenvalue weighted by molar-refractivity contribution is -0.159. The normalized spacial score (nSPS) is 13.9. The molecule has 0 saturated heterocycles. The van der Waals surface area contributed by atoms with Crippen LogP contribution in [0.15, 0.2) is 24.3 Å². The number of Topliss-reactive ketones (excluding diaryl/α,β-unsaturated/α-hetero) is 1. The molecule has 0 aliphatic heterocycles. The van der Waals surface area contributed by atoms with Gasteiger partial charge in [0.05, 0.1) is 6.61 Å². The van der Waals surface area contributed by atoms with Gasteiger partial charge < -0.3 is 14.9 Å². The summed E-state index contributed by atoms with van der Waals surface area (Å²) in [6.45, 7) is 5.35. The standard InChI is InChI=1S/C15H20O5/c1-4-20-15(19)14(18)13(17)11-7-5-10(6-8-11)12(16)9(2)3/h5-9,13-14,17-18H,4H2,1-3H3. The van der Waals surface area contributed by atoms with Crippen molar-refractivity contribution in [1.82, 2.24) is 0 Å². The quantitative estimate of drug-likeness (QED) is 0.609. The van der Waals surface area contributed by atoms with Crippen LogP contribution < -0.4 is 0 Å². The van der Waals surface area contributed by atoms with Crippen LogP contribution in [0.5, 0.6) is 0 Å². The second-order valence-corrected chi connectivity index (χ2v) is 4.78. The summed E-state index contributed by atoms with van der Waals surface area (Å²) >= 11 is 0. The average molecular weight is 280 g/mol. The molecule has 0 heterocycles. The summed E-state index contributed by atoms with van der Waals surface area (Å²) in [6, 6.07) is 6.17. The van der Waals surface area contributed by atoms with E-state index >= 15 is 0 Å². The molecule has 0 radical (unpaired) electrons. The molecular weight excluding hydrogens is 260 g/mol. The second kappa shape index (κ2) is 7.17. The van der Waals surface area contributed by atoms with Crippen molar-refractivity contribution in [2.75, 3.05) is 6.61 Å². The average Bonchev–Trinajstić information content (AvgIpc) is 2.45. The van der Waals surface area contributed by atoms with E-state index in [4.69, 9.17) is 0 Å². The Labute approximate surface area is 118 Å². The number of hydrogen-bond donors (Lipinski definition) is 2. The van der Waals surface area contributed by atoms with E-state index in [1.54, 1.807) is 32.9 Å². The van der Waals surface area contributed by atoms with E-state index in [9.17, 15) is 19.8 Å². The molecule has 20 heavy (non-hydrogen) atoms. The van der Waals surface area contributed by atoms with Crippen LogP contribution in [0.4, 0.5) is 0 Å². The molecule has 2 N–H and O–H groups in total. The van der Waals surface area contributed by atoms with Crippen molar-refractivity contribution in [1.29, 1.82) is 0 Å². The van der Waals surface area contributed by atoms with E-state index in [2.05, 4.69) is 4.74 Å². The lowest BCUT2D eigenvalue weighted by Gasteiger charge is -2.17. The smallest absolute Gasteiger partial charge is 0.338 e. The van der Waals surface area contributed by atoms with Gasteiger partial charge in [-0.25, -0.2) is 4.79 Å². The molecule has 0 amide bonds. The molecule has 0 aromatic heterocycles. The number of carbonyl (C=O) groups is 2. The molecule has 0 bridgehead atoms. The lowest BCUT2D eigenvalue weighted by Crippen LogP contribution is -2.29. The topological polar surface area (TPSA) is 83.8 Å². The molecule has 0 fully saturated rings. The number of aliphatic hydroxyl groups is 2. The van der Waals surface area contributed by atoms with Gasteiger partial charge in [0.1, 0.15) is 6.10 Å². The van der Waals surface area contributed by atoms with E-state index < -0.39 is 18.2 Å². The molecule has 2 atom stereocenters. The number of esters is 1. The van der Waals surface area contributed by atoms with Gasteiger partial charge in [-0.15, -0.1) is 0 Å². The Hall–Kier alpha value is -1.72. The molecule has 1 rings (SSSR count). The highest BCUT2D eigenvalue weighted by molar-refractivity contribution is 5.97. The third-order valence-corrected chi connectivity index (χ3v) is 2.89. The third kappa shape index (κ3) is 3.88. The van der Waals surface area contributed by atoms with E-state index in [1.807, 2.05) is 0 Å². The van der Waals surface area contributed by atoms with Gasteiger partial charge in [-0.3, -0.25) is 4.79 Å². The van der Waals surface area contributed by atoms with Crippen LogP contribution in [0.25, 0.3) is 0 Å². The highest BCUT2D eigenvalue weighted by atomic mass is 16.5. The molecule has 0 spiro atoms. The monoisotopic (exact) mass is 280 g/mol. The molecule has 2 unspecified atom stereocenters. The Morgan fingerprint density at radius 2 is 1.70 bits per heavy atom. The first-order valence-electron chi connectivity index (χ1n) is 6.55. The summed E-state index contributed by atoms with van der Waals surface area (Å²) in [5, 5.41) is 19.5. The number of hydrogen-bond acceptors (Lipinski definition) is 5. The van der Waals surface area contributed by atoms with E-state index in [-0.39, 0.29) is 18.3 Å². The van der Waals surface area contributed by atoms with Gasteiger partial charge in [-0.1, -0.05) is 38.1 Å². The molecule has 0 aliphatic rings. The van der Waals surface area contributed by atoms with Gasteiger partial charge in [0.2, 0.25) is 0 Å². The zero-order valence-corrected chi connectivity index (χ0v) is 11.9. The van der Waals surface area contributed by atoms with Crippen LogP contribution in [0, 0.1) is 5.92 Å².